The zero-order valence-electron chi connectivity index (χ0n) is 18.2. The van der Waals surface area contributed by atoms with Gasteiger partial charge in [0.2, 0.25) is 5.95 Å². The van der Waals surface area contributed by atoms with Crippen LogP contribution in [0, 0.1) is 5.92 Å². The van der Waals surface area contributed by atoms with E-state index < -0.39 is 0 Å². The Balaban J connectivity index is 1.32. The largest absolute Gasteiger partial charge is 0.362 e. The third-order valence-corrected chi connectivity index (χ3v) is 6.56. The van der Waals surface area contributed by atoms with Crippen molar-refractivity contribution in [2.45, 2.75) is 31.7 Å². The number of para-hydroxylation sites is 1. The highest BCUT2D eigenvalue weighted by molar-refractivity contribution is 6.39. The third-order valence-electron chi connectivity index (χ3n) is 5.93. The van der Waals surface area contributed by atoms with Crippen LogP contribution in [0.4, 0.5) is 11.8 Å². The molecular weight excluding hydrogens is 445 g/mol. The minimum atomic E-state index is -0.206. The minimum absolute atomic E-state index is 0.128. The molecule has 4 rings (SSSR count). The Morgan fingerprint density at radius 1 is 1.00 bits per heavy atom. The SMILES string of the molecule is CN(C)c1nc(NC[C@H]2CC[C@@H](NC(=O)c3c(Cl)cccc3Cl)CC2)nc2ccccc12. The lowest BCUT2D eigenvalue weighted by Gasteiger charge is -2.29. The van der Waals surface area contributed by atoms with E-state index in [4.69, 9.17) is 28.2 Å². The Bertz CT molecular complexity index is 1090. The van der Waals surface area contributed by atoms with Gasteiger partial charge in [0, 0.05) is 32.1 Å². The zero-order chi connectivity index (χ0) is 22.7. The molecule has 3 aromatic rings. The van der Waals surface area contributed by atoms with Gasteiger partial charge in [0.1, 0.15) is 5.82 Å². The Hall–Kier alpha value is -2.57. The number of amides is 1. The lowest BCUT2D eigenvalue weighted by atomic mass is 9.86. The molecule has 168 valence electrons. The second kappa shape index (κ2) is 9.92. The molecule has 0 aliphatic heterocycles. The molecule has 2 aromatic carbocycles. The van der Waals surface area contributed by atoms with Crippen LogP contribution in [0.15, 0.2) is 42.5 Å². The lowest BCUT2D eigenvalue weighted by Crippen LogP contribution is -2.38. The average Bonchev–Trinajstić information content (AvgIpc) is 2.78. The Labute approximate surface area is 198 Å². The van der Waals surface area contributed by atoms with Crippen LogP contribution in [-0.2, 0) is 0 Å². The van der Waals surface area contributed by atoms with Crippen molar-refractivity contribution in [3.63, 3.8) is 0 Å². The molecule has 2 N–H and O–H groups in total. The average molecular weight is 472 g/mol. The molecule has 0 radical (unpaired) electrons. The van der Waals surface area contributed by atoms with Gasteiger partial charge in [-0.2, -0.15) is 4.98 Å². The predicted octanol–water partition coefficient (Wildman–Crippen LogP) is 5.40. The van der Waals surface area contributed by atoms with E-state index in [1.54, 1.807) is 18.2 Å². The van der Waals surface area contributed by atoms with Gasteiger partial charge in [-0.15, -0.1) is 0 Å². The molecule has 1 amide bonds. The van der Waals surface area contributed by atoms with Crippen molar-refractivity contribution < 1.29 is 4.79 Å². The van der Waals surface area contributed by atoms with E-state index in [1.807, 2.05) is 43.3 Å². The van der Waals surface area contributed by atoms with Gasteiger partial charge >= 0.3 is 0 Å². The highest BCUT2D eigenvalue weighted by atomic mass is 35.5. The van der Waals surface area contributed by atoms with Gasteiger partial charge in [-0.05, 0) is 55.9 Å². The highest BCUT2D eigenvalue weighted by Crippen LogP contribution is 2.28. The maximum Gasteiger partial charge on any atom is 0.254 e. The number of benzene rings is 2. The molecule has 0 atom stereocenters. The van der Waals surface area contributed by atoms with Crippen molar-refractivity contribution in [3.05, 3.63) is 58.1 Å². The molecule has 8 heteroatoms. The number of nitrogens with one attached hydrogen (secondary N) is 2. The highest BCUT2D eigenvalue weighted by Gasteiger charge is 2.24. The first-order valence-electron chi connectivity index (χ1n) is 10.8. The van der Waals surface area contributed by atoms with Crippen molar-refractivity contribution >= 4 is 51.8 Å². The quantitative estimate of drug-likeness (QED) is 0.503. The Kier molecular flexibility index (Phi) is 7.01. The van der Waals surface area contributed by atoms with Gasteiger partial charge in [-0.25, -0.2) is 4.98 Å². The van der Waals surface area contributed by atoms with Crippen molar-refractivity contribution in [3.8, 4) is 0 Å². The normalized spacial score (nSPS) is 18.4. The van der Waals surface area contributed by atoms with E-state index in [1.165, 1.54) is 0 Å². The number of halogens is 2. The van der Waals surface area contributed by atoms with Gasteiger partial charge in [-0.3, -0.25) is 4.79 Å². The maximum absolute atomic E-state index is 12.6. The van der Waals surface area contributed by atoms with Gasteiger partial charge in [-0.1, -0.05) is 41.4 Å². The lowest BCUT2D eigenvalue weighted by molar-refractivity contribution is 0.0923. The fourth-order valence-electron chi connectivity index (χ4n) is 4.20. The van der Waals surface area contributed by atoms with Crippen LogP contribution in [0.2, 0.25) is 10.0 Å². The second-order valence-electron chi connectivity index (χ2n) is 8.45. The molecule has 1 aromatic heterocycles. The number of carbonyl (C=O) groups excluding carboxylic acids is 1. The van der Waals surface area contributed by atoms with E-state index in [0.29, 0.717) is 27.5 Å². The molecule has 1 heterocycles. The second-order valence-corrected chi connectivity index (χ2v) is 9.27. The van der Waals surface area contributed by atoms with Gasteiger partial charge in [0.25, 0.3) is 5.91 Å². The van der Waals surface area contributed by atoms with E-state index >= 15 is 0 Å². The predicted molar refractivity (Wildman–Crippen MR) is 132 cm³/mol. The smallest absolute Gasteiger partial charge is 0.254 e. The molecule has 32 heavy (non-hydrogen) atoms. The standard InChI is InChI=1S/C24H27Cl2N5O/c1-31(2)22-17-6-3-4-9-20(17)29-24(30-22)27-14-15-10-12-16(13-11-15)28-23(32)21-18(25)7-5-8-19(21)26/h3-9,15-16H,10-14H2,1-2H3,(H,28,32)(H,27,29,30)/t15-,16+. The molecule has 0 bridgehead atoms. The summed E-state index contributed by atoms with van der Waals surface area (Å²) in [6, 6.07) is 13.3. The number of aromatic nitrogens is 2. The van der Waals surface area contributed by atoms with E-state index in [-0.39, 0.29) is 11.9 Å². The molecule has 0 spiro atoms. The molecular formula is C24H27Cl2N5O. The molecule has 1 aliphatic rings. The summed E-state index contributed by atoms with van der Waals surface area (Å²) in [6.45, 7) is 0.808. The fraction of sp³-hybridized carbons (Fsp3) is 0.375. The first kappa shape index (κ1) is 22.6. The van der Waals surface area contributed by atoms with Crippen molar-refractivity contribution in [2.75, 3.05) is 30.9 Å². The molecule has 0 unspecified atom stereocenters. The molecule has 1 aliphatic carbocycles. The summed E-state index contributed by atoms with van der Waals surface area (Å²) < 4.78 is 0. The number of rotatable bonds is 6. The van der Waals surface area contributed by atoms with Crippen molar-refractivity contribution in [1.29, 1.82) is 0 Å². The Morgan fingerprint density at radius 2 is 1.69 bits per heavy atom. The summed E-state index contributed by atoms with van der Waals surface area (Å²) in [5.41, 5.74) is 1.28. The molecule has 0 saturated heterocycles. The van der Waals surface area contributed by atoms with Crippen molar-refractivity contribution in [2.24, 2.45) is 5.92 Å². The van der Waals surface area contributed by atoms with Crippen LogP contribution in [0.5, 0.6) is 0 Å². The summed E-state index contributed by atoms with van der Waals surface area (Å²) in [5.74, 6) is 1.85. The first-order valence-corrected chi connectivity index (χ1v) is 11.6. The molecule has 1 saturated carbocycles. The zero-order valence-corrected chi connectivity index (χ0v) is 19.7. The van der Waals surface area contributed by atoms with E-state index in [0.717, 1.165) is 48.9 Å². The number of hydrogen-bond donors (Lipinski definition) is 2. The maximum atomic E-state index is 12.6. The number of hydrogen-bond acceptors (Lipinski definition) is 5. The van der Waals surface area contributed by atoms with Gasteiger partial charge in [0.05, 0.1) is 21.1 Å². The molecule has 6 nitrogen and oxygen atoms in total. The topological polar surface area (TPSA) is 70.2 Å². The van der Waals surface area contributed by atoms with Crippen LogP contribution in [-0.4, -0.2) is 42.6 Å². The third kappa shape index (κ3) is 5.08. The first-order chi connectivity index (χ1) is 15.4. The minimum Gasteiger partial charge on any atom is -0.362 e. The van der Waals surface area contributed by atoms with Crippen LogP contribution >= 0.6 is 23.2 Å². The van der Waals surface area contributed by atoms with Crippen molar-refractivity contribution in [1.82, 2.24) is 15.3 Å². The number of carbonyl (C=O) groups is 1. The summed E-state index contributed by atoms with van der Waals surface area (Å²) >= 11 is 12.3. The van der Waals surface area contributed by atoms with Crippen LogP contribution in [0.1, 0.15) is 36.0 Å². The monoisotopic (exact) mass is 471 g/mol. The summed E-state index contributed by atoms with van der Waals surface area (Å²) in [6.07, 6.45) is 3.87. The summed E-state index contributed by atoms with van der Waals surface area (Å²) in [7, 11) is 3.98. The van der Waals surface area contributed by atoms with E-state index in [2.05, 4.69) is 15.6 Å². The van der Waals surface area contributed by atoms with Gasteiger partial charge in [0.15, 0.2) is 0 Å². The fourth-order valence-corrected chi connectivity index (χ4v) is 4.77. The van der Waals surface area contributed by atoms with Crippen LogP contribution < -0.4 is 15.5 Å². The molecule has 1 fully saturated rings. The van der Waals surface area contributed by atoms with E-state index in [9.17, 15) is 4.79 Å². The van der Waals surface area contributed by atoms with Crippen LogP contribution in [0.3, 0.4) is 0 Å². The van der Waals surface area contributed by atoms with Gasteiger partial charge < -0.3 is 15.5 Å². The number of nitrogens with zero attached hydrogens (tertiary/aromatic N) is 3. The number of anilines is 2. The summed E-state index contributed by atoms with van der Waals surface area (Å²) in [5, 5.41) is 8.31. The summed E-state index contributed by atoms with van der Waals surface area (Å²) in [4.78, 5) is 24.0. The number of fused-ring (bicyclic) bond motifs is 1. The Morgan fingerprint density at radius 3 is 2.38 bits per heavy atom. The van der Waals surface area contributed by atoms with Crippen LogP contribution in [0.25, 0.3) is 10.9 Å².